The Labute approximate surface area is 88.8 Å². The van der Waals surface area contributed by atoms with E-state index in [0.717, 1.165) is 5.84 Å². The Balaban J connectivity index is 0.000000810. The van der Waals surface area contributed by atoms with Crippen molar-refractivity contribution in [3.8, 4) is 0 Å². The van der Waals surface area contributed by atoms with Gasteiger partial charge in [-0.1, -0.05) is 0 Å². The summed E-state index contributed by atoms with van der Waals surface area (Å²) >= 11 is 0. The SMILES string of the molecule is [B][N+]1=C(C)NC(C)C1C.[Y]. The van der Waals surface area contributed by atoms with Gasteiger partial charge in [0, 0.05) is 39.6 Å². The predicted octanol–water partition coefficient (Wildman–Crippen LogP) is -0.121. The maximum absolute atomic E-state index is 5.65. The molecule has 1 N–H and O–H groups in total. The van der Waals surface area contributed by atoms with Gasteiger partial charge < -0.3 is 4.49 Å². The van der Waals surface area contributed by atoms with Crippen LogP contribution in [0, 0.1) is 0 Å². The predicted molar refractivity (Wildman–Crippen MR) is 38.8 cm³/mol. The molecule has 1 heterocycles. The van der Waals surface area contributed by atoms with Crippen molar-refractivity contribution in [1.82, 2.24) is 5.32 Å². The molecule has 0 bridgehead atoms. The van der Waals surface area contributed by atoms with E-state index in [2.05, 4.69) is 19.2 Å². The maximum atomic E-state index is 5.65. The normalized spacial score (nSPS) is 31.5. The number of hydrogen-bond acceptors (Lipinski definition) is 1. The molecule has 4 heteroatoms. The number of hydrogen-bond donors (Lipinski definition) is 1. The fourth-order valence-electron chi connectivity index (χ4n) is 1.07. The fraction of sp³-hybridized carbons (Fsp3) is 0.833. The first kappa shape index (κ1) is 10.6. The van der Waals surface area contributed by atoms with E-state index in [-0.39, 0.29) is 32.7 Å². The first-order valence-corrected chi connectivity index (χ1v) is 3.27. The van der Waals surface area contributed by atoms with Gasteiger partial charge in [-0.25, -0.2) is 0 Å². The first-order chi connectivity index (χ1) is 4.13. The molecule has 0 aromatic carbocycles. The van der Waals surface area contributed by atoms with E-state index < -0.39 is 0 Å². The standard InChI is InChI=1S/C6H12BN2.Y/c1-4-5(2)9(7)6(3)8-4;/h4-5,8H,1-3H3;/q+1;. The molecular formula is C6H12BN2Y+. The van der Waals surface area contributed by atoms with Crippen LogP contribution in [0.25, 0.3) is 0 Å². The van der Waals surface area contributed by atoms with Crippen molar-refractivity contribution < 1.29 is 37.2 Å². The summed E-state index contributed by atoms with van der Waals surface area (Å²) in [6.45, 7) is 6.22. The molecule has 0 aromatic rings. The van der Waals surface area contributed by atoms with E-state index in [1.807, 2.05) is 6.92 Å². The molecule has 0 amide bonds. The van der Waals surface area contributed by atoms with Crippen molar-refractivity contribution in [3.63, 3.8) is 0 Å². The molecule has 0 saturated heterocycles. The van der Waals surface area contributed by atoms with Gasteiger partial charge in [0.25, 0.3) is 0 Å². The molecule has 1 aliphatic rings. The van der Waals surface area contributed by atoms with Crippen molar-refractivity contribution in [3.05, 3.63) is 0 Å². The Morgan fingerprint density at radius 1 is 1.50 bits per heavy atom. The average molecular weight is 212 g/mol. The molecule has 0 fully saturated rings. The zero-order chi connectivity index (χ0) is 7.02. The van der Waals surface area contributed by atoms with Crippen LogP contribution in [0.3, 0.4) is 0 Å². The minimum atomic E-state index is 0. The van der Waals surface area contributed by atoms with Crippen LogP contribution in [-0.2, 0) is 32.7 Å². The minimum absolute atomic E-state index is 0. The third kappa shape index (κ3) is 1.82. The molecule has 2 unspecified atom stereocenters. The van der Waals surface area contributed by atoms with E-state index in [4.69, 9.17) is 7.98 Å². The summed E-state index contributed by atoms with van der Waals surface area (Å²) in [5.41, 5.74) is 0. The van der Waals surface area contributed by atoms with Gasteiger partial charge in [-0.15, -0.1) is 0 Å². The van der Waals surface area contributed by atoms with Gasteiger partial charge in [0.05, 0.1) is 0 Å². The van der Waals surface area contributed by atoms with Crippen LogP contribution in [0.5, 0.6) is 0 Å². The second-order valence-corrected chi connectivity index (χ2v) is 2.67. The van der Waals surface area contributed by atoms with Crippen molar-refractivity contribution in [2.24, 2.45) is 0 Å². The molecule has 0 saturated carbocycles. The van der Waals surface area contributed by atoms with Crippen LogP contribution >= 0.6 is 0 Å². The molecule has 0 aliphatic carbocycles. The molecule has 0 aromatic heterocycles. The molecule has 2 atom stereocenters. The topological polar surface area (TPSA) is 15.0 Å². The monoisotopic (exact) mass is 212 g/mol. The summed E-state index contributed by atoms with van der Waals surface area (Å²) in [5.74, 6) is 1.06. The van der Waals surface area contributed by atoms with Crippen molar-refractivity contribution in [2.75, 3.05) is 0 Å². The molecule has 51 valence electrons. The summed E-state index contributed by atoms with van der Waals surface area (Å²) < 4.78 is 1.77. The average Bonchev–Trinajstić information content (AvgIpc) is 1.98. The van der Waals surface area contributed by atoms with Crippen molar-refractivity contribution >= 4 is 13.8 Å². The largest absolute Gasteiger partial charge is 0.403 e. The van der Waals surface area contributed by atoms with Crippen LogP contribution in [0.1, 0.15) is 20.8 Å². The van der Waals surface area contributed by atoms with Crippen LogP contribution < -0.4 is 5.32 Å². The quantitative estimate of drug-likeness (QED) is 0.553. The number of rotatable bonds is 0. The maximum Gasteiger partial charge on any atom is 0.403 e. The number of amidine groups is 1. The Bertz CT molecular complexity index is 158. The van der Waals surface area contributed by atoms with Gasteiger partial charge in [0.15, 0.2) is 0 Å². The molecule has 10 heavy (non-hydrogen) atoms. The van der Waals surface area contributed by atoms with Gasteiger partial charge in [-0.3, -0.25) is 5.32 Å². The van der Waals surface area contributed by atoms with E-state index in [9.17, 15) is 0 Å². The zero-order valence-corrected chi connectivity index (χ0v) is 9.59. The first-order valence-electron chi connectivity index (χ1n) is 3.27. The number of nitrogens with one attached hydrogen (secondary N) is 1. The van der Waals surface area contributed by atoms with Gasteiger partial charge in [0.2, 0.25) is 5.84 Å². The molecule has 0 spiro atoms. The van der Waals surface area contributed by atoms with Gasteiger partial charge in [0.1, 0.15) is 12.1 Å². The van der Waals surface area contributed by atoms with Crippen LogP contribution in [-0.4, -0.2) is 30.4 Å². The van der Waals surface area contributed by atoms with Crippen molar-refractivity contribution in [2.45, 2.75) is 32.9 Å². The molecule has 3 radical (unpaired) electrons. The molecule has 1 aliphatic heterocycles. The van der Waals surface area contributed by atoms with Crippen LogP contribution in [0.2, 0.25) is 0 Å². The van der Waals surface area contributed by atoms with Gasteiger partial charge >= 0.3 is 7.98 Å². The molecule has 2 nitrogen and oxygen atoms in total. The third-order valence-electron chi connectivity index (χ3n) is 1.99. The van der Waals surface area contributed by atoms with Crippen LogP contribution in [0.4, 0.5) is 0 Å². The Hall–Kier alpha value is 0.639. The van der Waals surface area contributed by atoms with Crippen LogP contribution in [0.15, 0.2) is 0 Å². The summed E-state index contributed by atoms with van der Waals surface area (Å²) in [6.07, 6.45) is 0. The summed E-state index contributed by atoms with van der Waals surface area (Å²) in [6, 6.07) is 0.903. The summed E-state index contributed by atoms with van der Waals surface area (Å²) in [4.78, 5) is 0. The van der Waals surface area contributed by atoms with Crippen molar-refractivity contribution in [1.29, 1.82) is 0 Å². The minimum Gasteiger partial charge on any atom is -0.328 e. The Morgan fingerprint density at radius 3 is 2.10 bits per heavy atom. The second-order valence-electron chi connectivity index (χ2n) is 2.67. The van der Waals surface area contributed by atoms with E-state index in [0.29, 0.717) is 12.1 Å². The zero-order valence-electron chi connectivity index (χ0n) is 6.76. The second kappa shape index (κ2) is 3.87. The van der Waals surface area contributed by atoms with E-state index in [1.54, 1.807) is 4.49 Å². The Morgan fingerprint density at radius 2 is 2.00 bits per heavy atom. The number of nitrogens with zero attached hydrogens (tertiary/aromatic N) is 1. The van der Waals surface area contributed by atoms with E-state index >= 15 is 0 Å². The Kier molecular flexibility index (Phi) is 4.11. The fourth-order valence-corrected chi connectivity index (χ4v) is 1.07. The van der Waals surface area contributed by atoms with Gasteiger partial charge in [-0.05, 0) is 13.8 Å². The third-order valence-corrected chi connectivity index (χ3v) is 1.99. The summed E-state index contributed by atoms with van der Waals surface area (Å²) in [5, 5.41) is 3.23. The van der Waals surface area contributed by atoms with E-state index in [1.165, 1.54) is 0 Å². The van der Waals surface area contributed by atoms with Gasteiger partial charge in [-0.2, -0.15) is 0 Å². The summed E-state index contributed by atoms with van der Waals surface area (Å²) in [7, 11) is 5.65. The smallest absolute Gasteiger partial charge is 0.328 e. The molecular weight excluding hydrogens is 200 g/mol. The molecule has 1 rings (SSSR count).